The van der Waals surface area contributed by atoms with Crippen molar-refractivity contribution in [2.24, 2.45) is 11.7 Å². The number of fused-ring (bicyclic) bond motifs is 1. The van der Waals surface area contributed by atoms with E-state index in [-0.39, 0.29) is 34.2 Å². The third kappa shape index (κ3) is 2.01. The van der Waals surface area contributed by atoms with Crippen molar-refractivity contribution in [2.75, 3.05) is 5.32 Å². The second-order valence-electron chi connectivity index (χ2n) is 4.70. The average molecular weight is 280 g/mol. The van der Waals surface area contributed by atoms with Crippen molar-refractivity contribution in [1.29, 1.82) is 0 Å². The molecule has 0 bridgehead atoms. The van der Waals surface area contributed by atoms with Gasteiger partial charge in [-0.1, -0.05) is 0 Å². The number of nitrogens with two attached hydrogens (primary N) is 1. The van der Waals surface area contributed by atoms with E-state index in [4.69, 9.17) is 10.2 Å². The first-order valence-corrected chi connectivity index (χ1v) is 5.99. The summed E-state index contributed by atoms with van der Waals surface area (Å²) in [6.07, 6.45) is 1.52. The number of rotatable bonds is 3. The largest absolute Gasteiger partial charge is 0.449 e. The van der Waals surface area contributed by atoms with Crippen LogP contribution >= 0.6 is 0 Å². The number of halogens is 2. The summed E-state index contributed by atoms with van der Waals surface area (Å²) in [6, 6.07) is 1.67. The zero-order valence-electron chi connectivity index (χ0n) is 10.2. The fourth-order valence-electron chi connectivity index (χ4n) is 1.96. The third-order valence-electron chi connectivity index (χ3n) is 3.15. The number of furan rings is 1. The summed E-state index contributed by atoms with van der Waals surface area (Å²) in [5.41, 5.74) is 5.09. The van der Waals surface area contributed by atoms with Gasteiger partial charge >= 0.3 is 0 Å². The van der Waals surface area contributed by atoms with Gasteiger partial charge in [0.2, 0.25) is 11.7 Å². The highest BCUT2D eigenvalue weighted by Gasteiger charge is 2.32. The van der Waals surface area contributed by atoms with E-state index in [9.17, 15) is 18.4 Å². The molecule has 1 aliphatic carbocycles. The topological polar surface area (TPSA) is 85.3 Å². The summed E-state index contributed by atoms with van der Waals surface area (Å²) >= 11 is 0. The highest BCUT2D eigenvalue weighted by atomic mass is 19.2. The first-order chi connectivity index (χ1) is 9.47. The van der Waals surface area contributed by atoms with Crippen molar-refractivity contribution < 1.29 is 22.8 Å². The normalized spacial score (nSPS) is 14.5. The van der Waals surface area contributed by atoms with Crippen molar-refractivity contribution in [2.45, 2.75) is 12.8 Å². The number of carbonyl (C=O) groups is 2. The molecule has 1 aromatic carbocycles. The number of anilines is 1. The van der Waals surface area contributed by atoms with Crippen LogP contribution in [0.5, 0.6) is 0 Å². The number of nitrogens with one attached hydrogen (secondary N) is 1. The maximum absolute atomic E-state index is 13.3. The molecule has 0 saturated heterocycles. The molecule has 0 radical (unpaired) electrons. The molecule has 2 aromatic rings. The Morgan fingerprint density at radius 2 is 1.90 bits per heavy atom. The highest BCUT2D eigenvalue weighted by Crippen LogP contribution is 2.35. The first-order valence-electron chi connectivity index (χ1n) is 5.99. The third-order valence-corrected chi connectivity index (χ3v) is 3.15. The maximum atomic E-state index is 13.3. The zero-order chi connectivity index (χ0) is 14.4. The summed E-state index contributed by atoms with van der Waals surface area (Å²) in [7, 11) is 0. The van der Waals surface area contributed by atoms with E-state index >= 15 is 0 Å². The molecule has 2 amide bonds. The van der Waals surface area contributed by atoms with Crippen LogP contribution in [0.15, 0.2) is 16.5 Å². The summed E-state index contributed by atoms with van der Waals surface area (Å²) in [5.74, 6) is -3.86. The van der Waals surface area contributed by atoms with Gasteiger partial charge in [-0.15, -0.1) is 0 Å². The molecule has 104 valence electrons. The van der Waals surface area contributed by atoms with E-state index in [1.165, 1.54) is 0 Å². The number of carbonyl (C=O) groups excluding carboxylic acids is 2. The molecule has 5 nitrogen and oxygen atoms in total. The lowest BCUT2D eigenvalue weighted by molar-refractivity contribution is -0.117. The van der Waals surface area contributed by atoms with Gasteiger partial charge in [0.1, 0.15) is 11.3 Å². The van der Waals surface area contributed by atoms with E-state index in [0.29, 0.717) is 0 Å². The van der Waals surface area contributed by atoms with Gasteiger partial charge in [-0.3, -0.25) is 9.59 Å². The Kier molecular flexibility index (Phi) is 2.70. The van der Waals surface area contributed by atoms with E-state index in [0.717, 1.165) is 25.0 Å². The Morgan fingerprint density at radius 1 is 1.25 bits per heavy atom. The predicted octanol–water partition coefficient (Wildman–Crippen LogP) is 2.16. The average Bonchev–Trinajstić information content (AvgIpc) is 3.17. The van der Waals surface area contributed by atoms with Crippen molar-refractivity contribution >= 4 is 28.5 Å². The minimum atomic E-state index is -1.11. The number of hydrogen-bond acceptors (Lipinski definition) is 3. The Bertz CT molecular complexity index is 735. The lowest BCUT2D eigenvalue weighted by Crippen LogP contribution is -2.17. The van der Waals surface area contributed by atoms with Crippen LogP contribution < -0.4 is 11.1 Å². The molecule has 0 aliphatic heterocycles. The van der Waals surface area contributed by atoms with Gasteiger partial charge in [0.15, 0.2) is 11.6 Å². The van der Waals surface area contributed by atoms with Gasteiger partial charge in [0, 0.05) is 17.4 Å². The molecule has 1 heterocycles. The molecule has 0 atom stereocenters. The van der Waals surface area contributed by atoms with Gasteiger partial charge in [-0.25, -0.2) is 8.78 Å². The highest BCUT2D eigenvalue weighted by molar-refractivity contribution is 6.11. The smallest absolute Gasteiger partial charge is 0.286 e. The van der Waals surface area contributed by atoms with Crippen LogP contribution in [-0.2, 0) is 4.79 Å². The van der Waals surface area contributed by atoms with Crippen LogP contribution in [0.2, 0.25) is 0 Å². The van der Waals surface area contributed by atoms with Crippen LogP contribution in [0.4, 0.5) is 14.5 Å². The SMILES string of the molecule is NC(=O)c1oc2cc(F)c(F)cc2c1NC(=O)C1CC1. The van der Waals surface area contributed by atoms with Crippen LogP contribution in [0.1, 0.15) is 23.4 Å². The zero-order valence-corrected chi connectivity index (χ0v) is 10.2. The van der Waals surface area contributed by atoms with Gasteiger partial charge in [0.25, 0.3) is 5.91 Å². The molecule has 1 aliphatic rings. The summed E-state index contributed by atoms with van der Waals surface area (Å²) in [6.45, 7) is 0. The Hall–Kier alpha value is -2.44. The lowest BCUT2D eigenvalue weighted by Gasteiger charge is -2.03. The van der Waals surface area contributed by atoms with Gasteiger partial charge < -0.3 is 15.5 Å². The van der Waals surface area contributed by atoms with E-state index in [1.807, 2.05) is 0 Å². The molecule has 20 heavy (non-hydrogen) atoms. The van der Waals surface area contributed by atoms with Gasteiger partial charge in [-0.05, 0) is 18.9 Å². The molecular formula is C13H10F2N2O3. The molecule has 0 spiro atoms. The summed E-state index contributed by atoms with van der Waals surface area (Å²) in [5, 5.41) is 2.60. The minimum Gasteiger partial charge on any atom is -0.449 e. The summed E-state index contributed by atoms with van der Waals surface area (Å²) < 4.78 is 31.6. The monoisotopic (exact) mass is 280 g/mol. The quantitative estimate of drug-likeness (QED) is 0.903. The van der Waals surface area contributed by atoms with Crippen LogP contribution in [0, 0.1) is 17.6 Å². The maximum Gasteiger partial charge on any atom is 0.286 e. The fourth-order valence-corrected chi connectivity index (χ4v) is 1.96. The Morgan fingerprint density at radius 3 is 2.50 bits per heavy atom. The number of benzene rings is 1. The lowest BCUT2D eigenvalue weighted by atomic mass is 10.2. The molecular weight excluding hydrogens is 270 g/mol. The minimum absolute atomic E-state index is 0.0108. The Labute approximate surface area is 111 Å². The molecule has 0 unspecified atom stereocenters. The second-order valence-corrected chi connectivity index (χ2v) is 4.70. The van der Waals surface area contributed by atoms with Crippen molar-refractivity contribution in [3.05, 3.63) is 29.5 Å². The molecule has 1 aromatic heterocycles. The fraction of sp³-hybridized carbons (Fsp3) is 0.231. The van der Waals surface area contributed by atoms with Gasteiger partial charge in [-0.2, -0.15) is 0 Å². The summed E-state index contributed by atoms with van der Waals surface area (Å²) in [4.78, 5) is 23.1. The van der Waals surface area contributed by atoms with Crippen LogP contribution in [0.25, 0.3) is 11.0 Å². The molecule has 1 fully saturated rings. The molecule has 7 heteroatoms. The van der Waals surface area contributed by atoms with Crippen molar-refractivity contribution in [3.63, 3.8) is 0 Å². The van der Waals surface area contributed by atoms with Crippen LogP contribution in [-0.4, -0.2) is 11.8 Å². The molecule has 1 saturated carbocycles. The van der Waals surface area contributed by atoms with Crippen LogP contribution in [0.3, 0.4) is 0 Å². The van der Waals surface area contributed by atoms with E-state index in [1.54, 1.807) is 0 Å². The van der Waals surface area contributed by atoms with Crippen molar-refractivity contribution in [3.8, 4) is 0 Å². The van der Waals surface area contributed by atoms with E-state index in [2.05, 4.69) is 5.32 Å². The van der Waals surface area contributed by atoms with Crippen molar-refractivity contribution in [1.82, 2.24) is 0 Å². The number of primary amides is 1. The Balaban J connectivity index is 2.14. The number of hydrogen-bond donors (Lipinski definition) is 2. The molecule has 3 rings (SSSR count). The predicted molar refractivity (Wildman–Crippen MR) is 66.0 cm³/mol. The second kappa shape index (κ2) is 4.29. The molecule has 3 N–H and O–H groups in total. The van der Waals surface area contributed by atoms with Gasteiger partial charge in [0.05, 0.1) is 0 Å². The van der Waals surface area contributed by atoms with E-state index < -0.39 is 17.5 Å². The number of amides is 2. The first kappa shape index (κ1) is 12.6. The standard InChI is InChI=1S/C13H10F2N2O3/c14-7-3-6-9(4-8(7)15)20-11(12(16)18)10(6)17-13(19)5-1-2-5/h3-5H,1-2H2,(H2,16,18)(H,17,19).